The molecule has 1 atom stereocenters. The molecule has 1 aromatic rings. The van der Waals surface area contributed by atoms with Crippen LogP contribution in [0.2, 0.25) is 0 Å². The standard InChI is InChI=1S/C13H19BrO2S/c1-9-4-6-13(16,7-5-9)11(15)8-10-2-3-12(14)17-10/h2-3,9,11,15-16H,4-8H2,1H3. The zero-order valence-corrected chi connectivity index (χ0v) is 12.4. The molecule has 17 heavy (non-hydrogen) atoms. The molecule has 0 spiro atoms. The Balaban J connectivity index is 1.97. The smallest absolute Gasteiger partial charge is 0.0909 e. The second kappa shape index (κ2) is 5.39. The van der Waals surface area contributed by atoms with E-state index in [1.165, 1.54) is 0 Å². The molecule has 4 heteroatoms. The van der Waals surface area contributed by atoms with Gasteiger partial charge in [-0.2, -0.15) is 0 Å². The lowest BCUT2D eigenvalue weighted by Crippen LogP contribution is -2.46. The molecule has 0 aliphatic heterocycles. The summed E-state index contributed by atoms with van der Waals surface area (Å²) in [5, 5.41) is 20.7. The molecule has 1 aliphatic rings. The van der Waals surface area contributed by atoms with Gasteiger partial charge in [0, 0.05) is 11.3 Å². The molecule has 0 amide bonds. The van der Waals surface area contributed by atoms with Gasteiger partial charge in [-0.25, -0.2) is 0 Å². The number of thiophene rings is 1. The fourth-order valence-corrected chi connectivity index (χ4v) is 3.96. The summed E-state index contributed by atoms with van der Waals surface area (Å²) in [7, 11) is 0. The predicted molar refractivity (Wildman–Crippen MR) is 74.3 cm³/mol. The van der Waals surface area contributed by atoms with Crippen molar-refractivity contribution in [3.63, 3.8) is 0 Å². The number of hydrogen-bond acceptors (Lipinski definition) is 3. The van der Waals surface area contributed by atoms with Gasteiger partial charge in [-0.15, -0.1) is 11.3 Å². The molecular weight excluding hydrogens is 300 g/mol. The minimum absolute atomic E-state index is 0.557. The number of hydrogen-bond donors (Lipinski definition) is 2. The van der Waals surface area contributed by atoms with Crippen molar-refractivity contribution >= 4 is 27.3 Å². The quantitative estimate of drug-likeness (QED) is 0.897. The molecule has 2 N–H and O–H groups in total. The Morgan fingerprint density at radius 2 is 2.12 bits per heavy atom. The first-order valence-corrected chi connectivity index (χ1v) is 7.75. The highest BCUT2D eigenvalue weighted by Crippen LogP contribution is 2.36. The predicted octanol–water partition coefficient (Wildman–Crippen LogP) is 3.36. The Kier molecular flexibility index (Phi) is 4.29. The maximum Gasteiger partial charge on any atom is 0.0909 e. The first-order valence-electron chi connectivity index (χ1n) is 6.14. The molecule has 1 heterocycles. The second-order valence-electron chi connectivity index (χ2n) is 5.21. The van der Waals surface area contributed by atoms with Crippen LogP contribution in [0.3, 0.4) is 0 Å². The molecule has 1 fully saturated rings. The van der Waals surface area contributed by atoms with Gasteiger partial charge in [0.2, 0.25) is 0 Å². The highest BCUT2D eigenvalue weighted by molar-refractivity contribution is 9.11. The maximum atomic E-state index is 10.5. The van der Waals surface area contributed by atoms with Gasteiger partial charge >= 0.3 is 0 Å². The summed E-state index contributed by atoms with van der Waals surface area (Å²) in [6, 6.07) is 3.99. The minimum atomic E-state index is -0.872. The fraction of sp³-hybridized carbons (Fsp3) is 0.692. The molecule has 0 saturated heterocycles. The summed E-state index contributed by atoms with van der Waals surface area (Å²) in [4.78, 5) is 1.12. The largest absolute Gasteiger partial charge is 0.390 e. The summed E-state index contributed by atoms with van der Waals surface area (Å²) in [5.41, 5.74) is -0.872. The molecule has 1 saturated carbocycles. The van der Waals surface area contributed by atoms with Gasteiger partial charge in [-0.3, -0.25) is 0 Å². The third-order valence-electron chi connectivity index (χ3n) is 3.78. The first kappa shape index (κ1) is 13.5. The van der Waals surface area contributed by atoms with Crippen LogP contribution in [0.25, 0.3) is 0 Å². The van der Waals surface area contributed by atoms with Gasteiger partial charge in [0.1, 0.15) is 0 Å². The maximum absolute atomic E-state index is 10.5. The molecule has 0 radical (unpaired) electrons. The van der Waals surface area contributed by atoms with Crippen molar-refractivity contribution in [1.29, 1.82) is 0 Å². The lowest BCUT2D eigenvalue weighted by atomic mass is 9.76. The fourth-order valence-electron chi connectivity index (χ4n) is 2.44. The van der Waals surface area contributed by atoms with Gasteiger partial charge in [-0.05, 0) is 59.7 Å². The summed E-state index contributed by atoms with van der Waals surface area (Å²) in [5.74, 6) is 0.679. The van der Waals surface area contributed by atoms with Crippen LogP contribution < -0.4 is 0 Å². The van der Waals surface area contributed by atoms with Crippen LogP contribution in [-0.4, -0.2) is 21.9 Å². The molecule has 1 aromatic heterocycles. The van der Waals surface area contributed by atoms with Crippen molar-refractivity contribution in [1.82, 2.24) is 0 Å². The topological polar surface area (TPSA) is 40.5 Å². The van der Waals surface area contributed by atoms with Crippen LogP contribution >= 0.6 is 27.3 Å². The second-order valence-corrected chi connectivity index (χ2v) is 7.76. The SMILES string of the molecule is CC1CCC(O)(C(O)Cc2ccc(Br)s2)CC1. The van der Waals surface area contributed by atoms with Crippen LogP contribution in [0, 0.1) is 5.92 Å². The first-order chi connectivity index (χ1) is 7.99. The molecule has 1 unspecified atom stereocenters. The number of aliphatic hydroxyl groups is 2. The Hall–Kier alpha value is 0.1000. The molecule has 2 rings (SSSR count). The van der Waals surface area contributed by atoms with Crippen LogP contribution in [0.4, 0.5) is 0 Å². The van der Waals surface area contributed by atoms with E-state index in [9.17, 15) is 10.2 Å². The normalized spacial score (nSPS) is 31.4. The van der Waals surface area contributed by atoms with Crippen molar-refractivity contribution in [2.45, 2.75) is 50.7 Å². The minimum Gasteiger partial charge on any atom is -0.390 e. The number of aliphatic hydroxyl groups excluding tert-OH is 1. The third kappa shape index (κ3) is 3.31. The molecular formula is C13H19BrO2S. The lowest BCUT2D eigenvalue weighted by molar-refractivity contribution is -0.102. The van der Waals surface area contributed by atoms with Gasteiger partial charge in [0.15, 0.2) is 0 Å². The zero-order valence-electron chi connectivity index (χ0n) is 10.0. The number of rotatable bonds is 3. The summed E-state index contributed by atoms with van der Waals surface area (Å²) in [6.45, 7) is 2.21. The van der Waals surface area contributed by atoms with Crippen LogP contribution in [0.5, 0.6) is 0 Å². The van der Waals surface area contributed by atoms with E-state index in [0.29, 0.717) is 12.3 Å². The molecule has 0 aromatic carbocycles. The third-order valence-corrected chi connectivity index (χ3v) is 5.43. The van der Waals surface area contributed by atoms with E-state index in [2.05, 4.69) is 22.9 Å². The van der Waals surface area contributed by atoms with Gasteiger partial charge < -0.3 is 10.2 Å². The Labute approximate surface area is 115 Å². The van der Waals surface area contributed by atoms with E-state index in [0.717, 1.165) is 34.3 Å². The van der Waals surface area contributed by atoms with E-state index in [1.54, 1.807) is 11.3 Å². The van der Waals surface area contributed by atoms with Crippen molar-refractivity contribution in [2.24, 2.45) is 5.92 Å². The van der Waals surface area contributed by atoms with Crippen LogP contribution in [0.15, 0.2) is 15.9 Å². The highest BCUT2D eigenvalue weighted by atomic mass is 79.9. The van der Waals surface area contributed by atoms with Crippen molar-refractivity contribution in [2.75, 3.05) is 0 Å². The van der Waals surface area contributed by atoms with Crippen molar-refractivity contribution < 1.29 is 10.2 Å². The van der Waals surface area contributed by atoms with Crippen LogP contribution in [0.1, 0.15) is 37.5 Å². The van der Waals surface area contributed by atoms with E-state index >= 15 is 0 Å². The number of halogens is 1. The molecule has 0 bridgehead atoms. The van der Waals surface area contributed by atoms with E-state index < -0.39 is 11.7 Å². The van der Waals surface area contributed by atoms with Crippen molar-refractivity contribution in [3.8, 4) is 0 Å². The molecule has 96 valence electrons. The molecule has 2 nitrogen and oxygen atoms in total. The van der Waals surface area contributed by atoms with Gasteiger partial charge in [0.05, 0.1) is 15.5 Å². The summed E-state index contributed by atoms with van der Waals surface area (Å²) >= 11 is 5.04. The average Bonchev–Trinajstić information content (AvgIpc) is 2.68. The molecule has 1 aliphatic carbocycles. The lowest BCUT2D eigenvalue weighted by Gasteiger charge is -2.38. The highest BCUT2D eigenvalue weighted by Gasteiger charge is 2.38. The van der Waals surface area contributed by atoms with E-state index in [-0.39, 0.29) is 0 Å². The monoisotopic (exact) mass is 318 g/mol. The summed E-state index contributed by atoms with van der Waals surface area (Å²) < 4.78 is 1.07. The average molecular weight is 319 g/mol. The van der Waals surface area contributed by atoms with Gasteiger partial charge in [-0.1, -0.05) is 6.92 Å². The Bertz CT molecular complexity index is 369. The van der Waals surface area contributed by atoms with Crippen LogP contribution in [-0.2, 0) is 6.42 Å². The van der Waals surface area contributed by atoms with Gasteiger partial charge in [0.25, 0.3) is 0 Å². The Morgan fingerprint density at radius 3 is 2.65 bits per heavy atom. The zero-order chi connectivity index (χ0) is 12.5. The van der Waals surface area contributed by atoms with E-state index in [1.807, 2.05) is 12.1 Å². The Morgan fingerprint density at radius 1 is 1.47 bits per heavy atom. The van der Waals surface area contributed by atoms with E-state index in [4.69, 9.17) is 0 Å². The summed E-state index contributed by atoms with van der Waals surface area (Å²) in [6.07, 6.45) is 3.40. The van der Waals surface area contributed by atoms with Crippen molar-refractivity contribution in [3.05, 3.63) is 20.8 Å².